The molecule has 1 nitrogen and oxygen atoms in total. The van der Waals surface area contributed by atoms with Crippen molar-refractivity contribution in [3.63, 3.8) is 0 Å². The van der Waals surface area contributed by atoms with E-state index in [2.05, 4.69) is 5.32 Å². The van der Waals surface area contributed by atoms with Gasteiger partial charge in [0, 0.05) is 0 Å². The molecular formula is C14H12F3N. The van der Waals surface area contributed by atoms with E-state index in [1.807, 2.05) is 30.3 Å². The van der Waals surface area contributed by atoms with Crippen LogP contribution in [0.2, 0.25) is 0 Å². The largest absolute Gasteiger partial charge is 0.309 e. The van der Waals surface area contributed by atoms with Crippen LogP contribution in [0.25, 0.3) is 0 Å². The predicted molar refractivity (Wildman–Crippen MR) is 63.7 cm³/mol. The minimum Gasteiger partial charge on any atom is -0.309 e. The summed E-state index contributed by atoms with van der Waals surface area (Å²) in [6.07, 6.45) is 0. The molecule has 1 unspecified atom stereocenters. The Morgan fingerprint density at radius 2 is 1.44 bits per heavy atom. The maximum atomic E-state index is 13.2. The lowest BCUT2D eigenvalue weighted by molar-refractivity contribution is 0.443. The highest BCUT2D eigenvalue weighted by atomic mass is 19.2. The molecule has 2 rings (SSSR count). The van der Waals surface area contributed by atoms with E-state index in [-0.39, 0.29) is 6.04 Å². The van der Waals surface area contributed by atoms with Crippen molar-refractivity contribution in [2.75, 3.05) is 7.05 Å². The van der Waals surface area contributed by atoms with Gasteiger partial charge in [0.1, 0.15) is 0 Å². The molecule has 94 valence electrons. The third-order valence-electron chi connectivity index (χ3n) is 2.76. The summed E-state index contributed by atoms with van der Waals surface area (Å²) in [5, 5.41) is 2.95. The van der Waals surface area contributed by atoms with Crippen molar-refractivity contribution in [2.45, 2.75) is 6.04 Å². The Labute approximate surface area is 103 Å². The second-order valence-corrected chi connectivity index (χ2v) is 3.93. The standard InChI is InChI=1S/C14H12F3N/c1-18-14(9-5-3-2-4-6-9)10-7-11(15)13(17)12(16)8-10/h2-8,14,18H,1H3. The van der Waals surface area contributed by atoms with Crippen molar-refractivity contribution in [3.8, 4) is 0 Å². The van der Waals surface area contributed by atoms with E-state index < -0.39 is 17.5 Å². The third kappa shape index (κ3) is 2.38. The third-order valence-corrected chi connectivity index (χ3v) is 2.76. The average molecular weight is 251 g/mol. The van der Waals surface area contributed by atoms with E-state index in [0.717, 1.165) is 17.7 Å². The Bertz CT molecular complexity index is 517. The summed E-state index contributed by atoms with van der Waals surface area (Å²) in [6.45, 7) is 0. The molecular weight excluding hydrogens is 239 g/mol. The van der Waals surface area contributed by atoms with E-state index in [4.69, 9.17) is 0 Å². The van der Waals surface area contributed by atoms with Crippen LogP contribution in [-0.2, 0) is 0 Å². The first kappa shape index (κ1) is 12.6. The molecule has 0 bridgehead atoms. The van der Waals surface area contributed by atoms with E-state index in [9.17, 15) is 13.2 Å². The Kier molecular flexibility index (Phi) is 3.67. The molecule has 0 aliphatic heterocycles. The minimum atomic E-state index is -1.44. The zero-order valence-electron chi connectivity index (χ0n) is 9.75. The van der Waals surface area contributed by atoms with Crippen LogP contribution in [0.3, 0.4) is 0 Å². The number of benzene rings is 2. The Balaban J connectivity index is 2.46. The fourth-order valence-electron chi connectivity index (χ4n) is 1.91. The van der Waals surface area contributed by atoms with Gasteiger partial charge in [-0.2, -0.15) is 0 Å². The Morgan fingerprint density at radius 1 is 0.889 bits per heavy atom. The van der Waals surface area contributed by atoms with Crippen LogP contribution in [0.4, 0.5) is 13.2 Å². The second-order valence-electron chi connectivity index (χ2n) is 3.93. The van der Waals surface area contributed by atoms with Gasteiger partial charge in [0.2, 0.25) is 0 Å². The topological polar surface area (TPSA) is 12.0 Å². The van der Waals surface area contributed by atoms with Crippen molar-refractivity contribution in [2.24, 2.45) is 0 Å². The fourth-order valence-corrected chi connectivity index (χ4v) is 1.91. The van der Waals surface area contributed by atoms with Crippen molar-refractivity contribution in [1.82, 2.24) is 5.32 Å². The molecule has 0 aliphatic rings. The Morgan fingerprint density at radius 3 is 1.94 bits per heavy atom. The summed E-state index contributed by atoms with van der Waals surface area (Å²) in [7, 11) is 1.68. The van der Waals surface area contributed by atoms with Crippen LogP contribution in [-0.4, -0.2) is 7.05 Å². The highest BCUT2D eigenvalue weighted by molar-refractivity contribution is 5.32. The van der Waals surface area contributed by atoms with Gasteiger partial charge < -0.3 is 5.32 Å². The molecule has 0 radical (unpaired) electrons. The molecule has 0 saturated carbocycles. The van der Waals surface area contributed by atoms with Gasteiger partial charge in [0.05, 0.1) is 6.04 Å². The molecule has 0 fully saturated rings. The highest BCUT2D eigenvalue weighted by Gasteiger charge is 2.17. The van der Waals surface area contributed by atoms with Crippen LogP contribution >= 0.6 is 0 Å². The quantitative estimate of drug-likeness (QED) is 0.824. The minimum absolute atomic E-state index is 0.347. The Hall–Kier alpha value is -1.81. The number of rotatable bonds is 3. The van der Waals surface area contributed by atoms with E-state index >= 15 is 0 Å². The van der Waals surface area contributed by atoms with Gasteiger partial charge in [0.15, 0.2) is 17.5 Å². The van der Waals surface area contributed by atoms with Gasteiger partial charge >= 0.3 is 0 Å². The molecule has 0 aromatic heterocycles. The molecule has 0 heterocycles. The SMILES string of the molecule is CNC(c1ccccc1)c1cc(F)c(F)c(F)c1. The fraction of sp³-hybridized carbons (Fsp3) is 0.143. The predicted octanol–water partition coefficient (Wildman–Crippen LogP) is 3.41. The summed E-state index contributed by atoms with van der Waals surface area (Å²) in [5.74, 6) is -3.80. The number of hydrogen-bond acceptors (Lipinski definition) is 1. The van der Waals surface area contributed by atoms with E-state index in [1.165, 1.54) is 0 Å². The van der Waals surface area contributed by atoms with Crippen molar-refractivity contribution >= 4 is 0 Å². The molecule has 0 amide bonds. The smallest absolute Gasteiger partial charge is 0.194 e. The zero-order chi connectivity index (χ0) is 13.1. The monoisotopic (exact) mass is 251 g/mol. The van der Waals surface area contributed by atoms with Gasteiger partial charge in [-0.15, -0.1) is 0 Å². The lowest BCUT2D eigenvalue weighted by atomic mass is 9.98. The number of hydrogen-bond donors (Lipinski definition) is 1. The maximum absolute atomic E-state index is 13.2. The maximum Gasteiger partial charge on any atom is 0.194 e. The van der Waals surface area contributed by atoms with E-state index in [0.29, 0.717) is 5.56 Å². The molecule has 4 heteroatoms. The average Bonchev–Trinajstić information content (AvgIpc) is 2.38. The van der Waals surface area contributed by atoms with Crippen LogP contribution in [0.1, 0.15) is 17.2 Å². The van der Waals surface area contributed by atoms with Crippen LogP contribution in [0.15, 0.2) is 42.5 Å². The van der Waals surface area contributed by atoms with Crippen molar-refractivity contribution in [3.05, 3.63) is 71.0 Å². The van der Waals surface area contributed by atoms with Gasteiger partial charge in [-0.05, 0) is 30.3 Å². The first-order chi connectivity index (χ1) is 8.63. The molecule has 2 aromatic rings. The summed E-state index contributed by atoms with van der Waals surface area (Å²) < 4.78 is 39.3. The molecule has 18 heavy (non-hydrogen) atoms. The summed E-state index contributed by atoms with van der Waals surface area (Å²) in [5.41, 5.74) is 1.20. The van der Waals surface area contributed by atoms with Gasteiger partial charge in [-0.25, -0.2) is 13.2 Å². The van der Waals surface area contributed by atoms with Crippen LogP contribution < -0.4 is 5.32 Å². The molecule has 1 N–H and O–H groups in total. The van der Waals surface area contributed by atoms with Gasteiger partial charge in [0.25, 0.3) is 0 Å². The van der Waals surface area contributed by atoms with Gasteiger partial charge in [-0.3, -0.25) is 0 Å². The summed E-state index contributed by atoms with van der Waals surface area (Å²) in [4.78, 5) is 0. The van der Waals surface area contributed by atoms with E-state index in [1.54, 1.807) is 7.05 Å². The highest BCUT2D eigenvalue weighted by Crippen LogP contribution is 2.24. The first-order valence-corrected chi connectivity index (χ1v) is 5.50. The lowest BCUT2D eigenvalue weighted by Gasteiger charge is -2.17. The molecule has 0 spiro atoms. The molecule has 2 aromatic carbocycles. The van der Waals surface area contributed by atoms with Crippen LogP contribution in [0.5, 0.6) is 0 Å². The zero-order valence-corrected chi connectivity index (χ0v) is 9.75. The van der Waals surface area contributed by atoms with Crippen molar-refractivity contribution < 1.29 is 13.2 Å². The number of nitrogens with one attached hydrogen (secondary N) is 1. The molecule has 0 aliphatic carbocycles. The molecule has 1 atom stereocenters. The summed E-state index contributed by atoms with van der Waals surface area (Å²) >= 11 is 0. The lowest BCUT2D eigenvalue weighted by Crippen LogP contribution is -2.18. The molecule has 0 saturated heterocycles. The second kappa shape index (κ2) is 5.23. The number of halogens is 3. The normalized spacial score (nSPS) is 12.4. The van der Waals surface area contributed by atoms with Crippen molar-refractivity contribution in [1.29, 1.82) is 0 Å². The van der Waals surface area contributed by atoms with Crippen LogP contribution in [0, 0.1) is 17.5 Å². The summed E-state index contributed by atoms with van der Waals surface area (Å²) in [6, 6.07) is 10.8. The van der Waals surface area contributed by atoms with Gasteiger partial charge in [-0.1, -0.05) is 30.3 Å². The first-order valence-electron chi connectivity index (χ1n) is 5.50.